The van der Waals surface area contributed by atoms with E-state index in [0.29, 0.717) is 11.5 Å². The van der Waals surface area contributed by atoms with Gasteiger partial charge in [0, 0.05) is 12.7 Å². The number of nitrogen functional groups attached to an aromatic ring is 1. The first kappa shape index (κ1) is 13.9. The number of carbonyl (C=O) groups is 1. The molecule has 0 aliphatic heterocycles. The molecule has 2 unspecified atom stereocenters. The maximum Gasteiger partial charge on any atom is 0.185 e. The van der Waals surface area contributed by atoms with Crippen LogP contribution in [-0.4, -0.2) is 32.2 Å². The minimum atomic E-state index is -1.14. The number of aromatic nitrogens is 1. The normalized spacial score (nSPS) is 14.1. The number of aliphatic hydroxyl groups excluding tert-OH is 2. The van der Waals surface area contributed by atoms with Crippen LogP contribution in [0.1, 0.15) is 18.7 Å². The molecule has 1 rings (SSSR count). The van der Waals surface area contributed by atoms with E-state index >= 15 is 0 Å². The quantitative estimate of drug-likeness (QED) is 0.435. The van der Waals surface area contributed by atoms with Crippen molar-refractivity contribution in [1.82, 2.24) is 4.98 Å². The predicted octanol–water partition coefficient (Wildman–Crippen LogP) is 0.0412. The first-order valence-electron chi connectivity index (χ1n) is 4.97. The Bertz CT molecular complexity index is 389. The molecule has 0 saturated heterocycles. The number of hydrogen-bond donors (Lipinski definition) is 4. The van der Waals surface area contributed by atoms with Crippen LogP contribution in [0.15, 0.2) is 18.2 Å². The Morgan fingerprint density at radius 1 is 1.59 bits per heavy atom. The third-order valence-corrected chi connectivity index (χ3v) is 2.96. The number of pyridine rings is 1. The highest BCUT2D eigenvalue weighted by atomic mass is 32.2. The van der Waals surface area contributed by atoms with Crippen molar-refractivity contribution in [2.24, 2.45) is 5.84 Å². The van der Waals surface area contributed by atoms with Gasteiger partial charge < -0.3 is 15.6 Å². The lowest BCUT2D eigenvalue weighted by Gasteiger charge is -2.16. The lowest BCUT2D eigenvalue weighted by Crippen LogP contribution is -2.22. The molecule has 17 heavy (non-hydrogen) atoms. The van der Waals surface area contributed by atoms with Gasteiger partial charge in [-0.15, -0.1) is 0 Å². The molecule has 0 fully saturated rings. The van der Waals surface area contributed by atoms with E-state index in [1.54, 1.807) is 18.2 Å². The van der Waals surface area contributed by atoms with Crippen LogP contribution in [0.25, 0.3) is 0 Å². The van der Waals surface area contributed by atoms with Gasteiger partial charge in [-0.3, -0.25) is 4.79 Å². The van der Waals surface area contributed by atoms with Gasteiger partial charge in [-0.1, -0.05) is 17.8 Å². The summed E-state index contributed by atoms with van der Waals surface area (Å²) in [5, 5.41) is 19.4. The van der Waals surface area contributed by atoms with Crippen molar-refractivity contribution in [1.29, 1.82) is 0 Å². The third-order valence-electron chi connectivity index (χ3n) is 2.04. The van der Waals surface area contributed by atoms with Crippen LogP contribution in [-0.2, 0) is 4.79 Å². The molecule has 1 aromatic rings. The summed E-state index contributed by atoms with van der Waals surface area (Å²) in [6, 6.07) is 4.87. The molecule has 0 aliphatic carbocycles. The van der Waals surface area contributed by atoms with Crippen molar-refractivity contribution < 1.29 is 15.0 Å². The molecule has 0 aromatic carbocycles. The Labute approximate surface area is 103 Å². The van der Waals surface area contributed by atoms with Crippen LogP contribution >= 0.6 is 11.8 Å². The molecule has 5 N–H and O–H groups in total. The minimum absolute atomic E-state index is 0.110. The van der Waals surface area contributed by atoms with Gasteiger partial charge in [0.05, 0.1) is 11.8 Å². The second-order valence-electron chi connectivity index (χ2n) is 3.41. The Morgan fingerprint density at radius 3 is 2.88 bits per heavy atom. The summed E-state index contributed by atoms with van der Waals surface area (Å²) in [4.78, 5) is 14.7. The van der Waals surface area contributed by atoms with Gasteiger partial charge in [0.2, 0.25) is 0 Å². The standard InChI is InChI=1S/C10H15N3O3S/c1-6(14)17-5-8(15)10(16)7-3-2-4-9(12-7)13-11/h2-4,8,10,15-16H,5,11H2,1H3,(H,12,13). The second-order valence-corrected chi connectivity index (χ2v) is 4.60. The Balaban J connectivity index is 2.66. The van der Waals surface area contributed by atoms with E-state index in [0.717, 1.165) is 11.8 Å². The van der Waals surface area contributed by atoms with E-state index in [2.05, 4.69) is 10.4 Å². The van der Waals surface area contributed by atoms with E-state index in [1.165, 1.54) is 6.92 Å². The highest BCUT2D eigenvalue weighted by molar-refractivity contribution is 8.13. The molecule has 0 bridgehead atoms. The van der Waals surface area contributed by atoms with Crippen LogP contribution in [0.2, 0.25) is 0 Å². The Hall–Kier alpha value is -1.15. The highest BCUT2D eigenvalue weighted by Crippen LogP contribution is 2.19. The Morgan fingerprint density at radius 2 is 2.29 bits per heavy atom. The fourth-order valence-electron chi connectivity index (χ4n) is 1.19. The summed E-state index contributed by atoms with van der Waals surface area (Å²) >= 11 is 0.955. The molecule has 0 aliphatic rings. The number of anilines is 1. The summed E-state index contributed by atoms with van der Waals surface area (Å²) < 4.78 is 0. The van der Waals surface area contributed by atoms with Gasteiger partial charge in [0.15, 0.2) is 5.12 Å². The van der Waals surface area contributed by atoms with Crippen molar-refractivity contribution in [3.05, 3.63) is 23.9 Å². The van der Waals surface area contributed by atoms with Crippen LogP contribution in [0.3, 0.4) is 0 Å². The van der Waals surface area contributed by atoms with Gasteiger partial charge in [-0.25, -0.2) is 10.8 Å². The smallest absolute Gasteiger partial charge is 0.185 e. The summed E-state index contributed by atoms with van der Waals surface area (Å²) in [6.45, 7) is 1.40. The molecule has 0 radical (unpaired) electrons. The minimum Gasteiger partial charge on any atom is -0.389 e. The highest BCUT2D eigenvalue weighted by Gasteiger charge is 2.20. The molecule has 2 atom stereocenters. The molecule has 94 valence electrons. The summed E-state index contributed by atoms with van der Waals surface area (Å²) in [7, 11) is 0. The predicted molar refractivity (Wildman–Crippen MR) is 66.2 cm³/mol. The fraction of sp³-hybridized carbons (Fsp3) is 0.400. The number of hydrogen-bond acceptors (Lipinski definition) is 7. The van der Waals surface area contributed by atoms with E-state index in [-0.39, 0.29) is 10.9 Å². The number of thioether (sulfide) groups is 1. The molecule has 0 amide bonds. The largest absolute Gasteiger partial charge is 0.389 e. The number of nitrogens with zero attached hydrogens (tertiary/aromatic N) is 1. The summed E-state index contributed by atoms with van der Waals surface area (Å²) in [5.41, 5.74) is 2.65. The molecular formula is C10H15N3O3S. The van der Waals surface area contributed by atoms with Crippen LogP contribution in [0.4, 0.5) is 5.82 Å². The van der Waals surface area contributed by atoms with Gasteiger partial charge in [-0.2, -0.15) is 0 Å². The zero-order chi connectivity index (χ0) is 12.8. The molecule has 0 saturated carbocycles. The van der Waals surface area contributed by atoms with Crippen LogP contribution in [0.5, 0.6) is 0 Å². The number of nitrogens with one attached hydrogen (secondary N) is 1. The Kier molecular flexibility index (Phi) is 5.36. The van der Waals surface area contributed by atoms with Crippen molar-refractivity contribution in [2.45, 2.75) is 19.1 Å². The fourth-order valence-corrected chi connectivity index (χ4v) is 1.78. The third kappa shape index (κ3) is 4.31. The number of hydrazine groups is 1. The first-order chi connectivity index (χ1) is 8.04. The average Bonchev–Trinajstić information content (AvgIpc) is 2.35. The van der Waals surface area contributed by atoms with Gasteiger partial charge >= 0.3 is 0 Å². The second kappa shape index (κ2) is 6.55. The molecule has 7 heteroatoms. The molecule has 1 aromatic heterocycles. The van der Waals surface area contributed by atoms with E-state index in [9.17, 15) is 15.0 Å². The number of rotatable bonds is 5. The maximum atomic E-state index is 10.7. The van der Waals surface area contributed by atoms with Crippen molar-refractivity contribution in [2.75, 3.05) is 11.2 Å². The van der Waals surface area contributed by atoms with Gasteiger partial charge in [0.1, 0.15) is 11.9 Å². The van der Waals surface area contributed by atoms with Gasteiger partial charge in [-0.05, 0) is 12.1 Å². The zero-order valence-corrected chi connectivity index (χ0v) is 10.1. The maximum absolute atomic E-state index is 10.7. The lowest BCUT2D eigenvalue weighted by atomic mass is 10.1. The summed E-state index contributed by atoms with van der Waals surface area (Å²) in [6.07, 6.45) is -2.19. The number of carbonyl (C=O) groups excluding carboxylic acids is 1. The topological polar surface area (TPSA) is 108 Å². The monoisotopic (exact) mass is 257 g/mol. The van der Waals surface area contributed by atoms with Crippen molar-refractivity contribution in [3.8, 4) is 0 Å². The molecule has 6 nitrogen and oxygen atoms in total. The molecule has 0 spiro atoms. The molecular weight excluding hydrogens is 242 g/mol. The number of nitrogens with two attached hydrogens (primary N) is 1. The average molecular weight is 257 g/mol. The van der Waals surface area contributed by atoms with Crippen molar-refractivity contribution in [3.63, 3.8) is 0 Å². The van der Waals surface area contributed by atoms with E-state index < -0.39 is 12.2 Å². The van der Waals surface area contributed by atoms with Gasteiger partial charge in [0.25, 0.3) is 0 Å². The van der Waals surface area contributed by atoms with Crippen LogP contribution in [0, 0.1) is 0 Å². The summed E-state index contributed by atoms with van der Waals surface area (Å²) in [5.74, 6) is 5.71. The zero-order valence-electron chi connectivity index (χ0n) is 9.33. The van der Waals surface area contributed by atoms with E-state index in [4.69, 9.17) is 5.84 Å². The number of aliphatic hydroxyl groups is 2. The SMILES string of the molecule is CC(=O)SCC(O)C(O)c1cccc(NN)n1. The lowest BCUT2D eigenvalue weighted by molar-refractivity contribution is -0.109. The van der Waals surface area contributed by atoms with Crippen molar-refractivity contribution >= 4 is 22.7 Å². The van der Waals surface area contributed by atoms with Crippen LogP contribution < -0.4 is 11.3 Å². The first-order valence-corrected chi connectivity index (χ1v) is 5.96. The molecule has 1 heterocycles. The van der Waals surface area contributed by atoms with E-state index in [1.807, 2.05) is 0 Å².